The van der Waals surface area contributed by atoms with Crippen molar-refractivity contribution in [1.82, 2.24) is 10.3 Å². The Bertz CT molecular complexity index is 446. The second kappa shape index (κ2) is 6.28. The maximum atomic E-state index is 4.64. The van der Waals surface area contributed by atoms with E-state index in [1.54, 1.807) is 11.3 Å². The van der Waals surface area contributed by atoms with E-state index < -0.39 is 0 Å². The van der Waals surface area contributed by atoms with Gasteiger partial charge in [-0.05, 0) is 31.3 Å². The first kappa shape index (κ1) is 12.7. The summed E-state index contributed by atoms with van der Waals surface area (Å²) in [5.74, 6) is 0. The molecule has 1 N–H and O–H groups in total. The Hall–Kier alpha value is -0.710. The largest absolute Gasteiger partial charge is 0.312 e. The van der Waals surface area contributed by atoms with Crippen molar-refractivity contribution >= 4 is 22.7 Å². The number of nitrogens with one attached hydrogen (secondary N) is 1. The molecule has 0 amide bonds. The Morgan fingerprint density at radius 2 is 2.29 bits per heavy atom. The fourth-order valence-electron chi connectivity index (χ4n) is 1.60. The van der Waals surface area contributed by atoms with Crippen LogP contribution in [0.5, 0.6) is 0 Å². The molecule has 2 heterocycles. The molecule has 0 saturated heterocycles. The van der Waals surface area contributed by atoms with Crippen LogP contribution in [0.1, 0.15) is 30.3 Å². The highest BCUT2D eigenvalue weighted by molar-refractivity contribution is 7.21. The zero-order valence-electron chi connectivity index (χ0n) is 10.3. The van der Waals surface area contributed by atoms with Gasteiger partial charge in [0.2, 0.25) is 0 Å². The zero-order chi connectivity index (χ0) is 12.1. The van der Waals surface area contributed by atoms with Crippen molar-refractivity contribution in [1.29, 1.82) is 0 Å². The lowest BCUT2D eigenvalue weighted by atomic mass is 10.3. The van der Waals surface area contributed by atoms with Crippen molar-refractivity contribution in [3.8, 4) is 9.88 Å². The monoisotopic (exact) mass is 266 g/mol. The second-order valence-corrected chi connectivity index (χ2v) is 6.07. The van der Waals surface area contributed by atoms with Crippen molar-refractivity contribution in [3.05, 3.63) is 28.1 Å². The van der Waals surface area contributed by atoms with Gasteiger partial charge in [-0.2, -0.15) is 0 Å². The molecule has 0 bridgehead atoms. The Labute approximate surface area is 111 Å². The first-order valence-electron chi connectivity index (χ1n) is 6.02. The fraction of sp³-hybridized carbons (Fsp3) is 0.462. The molecular weight excluding hydrogens is 248 g/mol. The molecule has 2 aromatic rings. The number of unbranched alkanes of at least 4 members (excludes halogenated alkanes) is 1. The maximum absolute atomic E-state index is 4.64. The topological polar surface area (TPSA) is 24.9 Å². The second-order valence-electron chi connectivity index (χ2n) is 4.04. The summed E-state index contributed by atoms with van der Waals surface area (Å²) in [4.78, 5) is 7.28. The molecular formula is C13H18N2S2. The highest BCUT2D eigenvalue weighted by Gasteiger charge is 2.09. The third-order valence-electron chi connectivity index (χ3n) is 2.62. The van der Waals surface area contributed by atoms with Gasteiger partial charge in [0.15, 0.2) is 0 Å². The van der Waals surface area contributed by atoms with Crippen LogP contribution in [-0.2, 0) is 6.54 Å². The lowest BCUT2D eigenvalue weighted by molar-refractivity contribution is 0.644. The SMILES string of the molecule is CCCCNCc1sc(-c2cccs2)nc1C. The van der Waals surface area contributed by atoms with E-state index in [2.05, 4.69) is 41.7 Å². The summed E-state index contributed by atoms with van der Waals surface area (Å²) in [5, 5.41) is 6.74. The van der Waals surface area contributed by atoms with E-state index in [4.69, 9.17) is 0 Å². The van der Waals surface area contributed by atoms with Gasteiger partial charge in [0.05, 0.1) is 10.6 Å². The number of rotatable bonds is 6. The first-order chi connectivity index (χ1) is 8.31. The van der Waals surface area contributed by atoms with Gasteiger partial charge in [-0.15, -0.1) is 22.7 Å². The molecule has 0 aliphatic heterocycles. The molecule has 0 spiro atoms. The molecule has 0 atom stereocenters. The maximum Gasteiger partial charge on any atom is 0.133 e. The molecule has 17 heavy (non-hydrogen) atoms. The van der Waals surface area contributed by atoms with Gasteiger partial charge < -0.3 is 5.32 Å². The standard InChI is InChI=1S/C13H18N2S2/c1-3-4-7-14-9-12-10(2)15-13(17-12)11-6-5-8-16-11/h5-6,8,14H,3-4,7,9H2,1-2H3. The molecule has 0 radical (unpaired) electrons. The van der Waals surface area contributed by atoms with Crippen molar-refractivity contribution in [2.24, 2.45) is 0 Å². The predicted octanol–water partition coefficient (Wildman–Crippen LogP) is 4.07. The Kier molecular flexibility index (Phi) is 4.71. The fourth-order valence-corrected chi connectivity index (χ4v) is 3.43. The van der Waals surface area contributed by atoms with E-state index >= 15 is 0 Å². The summed E-state index contributed by atoms with van der Waals surface area (Å²) in [6.45, 7) is 6.37. The average Bonchev–Trinajstić information content (AvgIpc) is 2.94. The summed E-state index contributed by atoms with van der Waals surface area (Å²) in [6, 6.07) is 4.22. The van der Waals surface area contributed by atoms with Crippen LogP contribution >= 0.6 is 22.7 Å². The molecule has 0 saturated carbocycles. The van der Waals surface area contributed by atoms with Crippen molar-refractivity contribution in [3.63, 3.8) is 0 Å². The van der Waals surface area contributed by atoms with Crippen LogP contribution in [-0.4, -0.2) is 11.5 Å². The lowest BCUT2D eigenvalue weighted by Crippen LogP contribution is -2.14. The molecule has 2 rings (SSSR count). The molecule has 0 aliphatic carbocycles. The van der Waals surface area contributed by atoms with Crippen LogP contribution < -0.4 is 5.32 Å². The van der Waals surface area contributed by atoms with Crippen LogP contribution in [0.15, 0.2) is 17.5 Å². The minimum atomic E-state index is 0.953. The van der Waals surface area contributed by atoms with Gasteiger partial charge in [-0.3, -0.25) is 0 Å². The molecule has 92 valence electrons. The smallest absolute Gasteiger partial charge is 0.133 e. The van der Waals surface area contributed by atoms with Gasteiger partial charge in [0.1, 0.15) is 5.01 Å². The van der Waals surface area contributed by atoms with Crippen molar-refractivity contribution < 1.29 is 0 Å². The van der Waals surface area contributed by atoms with Crippen LogP contribution in [0.4, 0.5) is 0 Å². The number of hydrogen-bond acceptors (Lipinski definition) is 4. The van der Waals surface area contributed by atoms with E-state index in [9.17, 15) is 0 Å². The third-order valence-corrected chi connectivity index (χ3v) is 4.81. The summed E-state index contributed by atoms with van der Waals surface area (Å²) in [6.07, 6.45) is 2.49. The molecule has 0 unspecified atom stereocenters. The van der Waals surface area contributed by atoms with Gasteiger partial charge in [-0.25, -0.2) is 4.98 Å². The van der Waals surface area contributed by atoms with Crippen LogP contribution in [0, 0.1) is 6.92 Å². The summed E-state index contributed by atoms with van der Waals surface area (Å²) >= 11 is 3.57. The molecule has 0 fully saturated rings. The van der Waals surface area contributed by atoms with Gasteiger partial charge in [0, 0.05) is 11.4 Å². The minimum Gasteiger partial charge on any atom is -0.312 e. The number of hydrogen-bond donors (Lipinski definition) is 1. The van der Waals surface area contributed by atoms with Gasteiger partial charge in [0.25, 0.3) is 0 Å². The van der Waals surface area contributed by atoms with Crippen molar-refractivity contribution in [2.45, 2.75) is 33.2 Å². The summed E-state index contributed by atoms with van der Waals surface area (Å²) < 4.78 is 0. The quantitative estimate of drug-likeness (QED) is 0.797. The Morgan fingerprint density at radius 1 is 1.41 bits per heavy atom. The highest BCUT2D eigenvalue weighted by atomic mass is 32.1. The van der Waals surface area contributed by atoms with Crippen molar-refractivity contribution in [2.75, 3.05) is 6.54 Å². The number of thiazole rings is 1. The summed E-state index contributed by atoms with van der Waals surface area (Å²) in [7, 11) is 0. The van der Waals surface area contributed by atoms with Gasteiger partial charge >= 0.3 is 0 Å². The molecule has 4 heteroatoms. The molecule has 0 aromatic carbocycles. The average molecular weight is 266 g/mol. The minimum absolute atomic E-state index is 0.953. The Morgan fingerprint density at radius 3 is 3.00 bits per heavy atom. The van der Waals surface area contributed by atoms with Crippen LogP contribution in [0.2, 0.25) is 0 Å². The number of aromatic nitrogens is 1. The molecule has 2 aromatic heterocycles. The lowest BCUT2D eigenvalue weighted by Gasteiger charge is -2.01. The van der Waals surface area contributed by atoms with Crippen LogP contribution in [0.25, 0.3) is 9.88 Å². The third kappa shape index (κ3) is 3.37. The van der Waals surface area contributed by atoms with E-state index in [0.717, 1.165) is 18.1 Å². The molecule has 0 aliphatic rings. The summed E-state index contributed by atoms with van der Waals surface area (Å²) in [5.41, 5.74) is 1.17. The van der Waals surface area contributed by atoms with Crippen LogP contribution in [0.3, 0.4) is 0 Å². The number of thiophene rings is 1. The molecule has 2 nitrogen and oxygen atoms in total. The van der Waals surface area contributed by atoms with E-state index in [0.29, 0.717) is 0 Å². The van der Waals surface area contributed by atoms with E-state index in [-0.39, 0.29) is 0 Å². The van der Waals surface area contributed by atoms with E-state index in [1.807, 2.05) is 11.3 Å². The first-order valence-corrected chi connectivity index (χ1v) is 7.71. The number of nitrogens with zero attached hydrogens (tertiary/aromatic N) is 1. The van der Waals surface area contributed by atoms with Gasteiger partial charge in [-0.1, -0.05) is 19.4 Å². The number of aryl methyl sites for hydroxylation is 1. The predicted molar refractivity (Wildman–Crippen MR) is 76.8 cm³/mol. The Balaban J connectivity index is 1.99. The normalized spacial score (nSPS) is 10.9. The highest BCUT2D eigenvalue weighted by Crippen LogP contribution is 2.30. The zero-order valence-corrected chi connectivity index (χ0v) is 12.0. The van der Waals surface area contributed by atoms with E-state index in [1.165, 1.54) is 28.3 Å².